The molecule has 0 bridgehead atoms. The highest BCUT2D eigenvalue weighted by Crippen LogP contribution is 2.43. The molecule has 2 rings (SSSR count). The monoisotopic (exact) mass is 277 g/mol. The van der Waals surface area contributed by atoms with Gasteiger partial charge in [0, 0.05) is 12.6 Å². The third-order valence-electron chi connectivity index (χ3n) is 4.24. The molecule has 0 aromatic heterocycles. The van der Waals surface area contributed by atoms with Crippen molar-refractivity contribution in [3.63, 3.8) is 0 Å². The zero-order valence-electron chi connectivity index (χ0n) is 12.7. The van der Waals surface area contributed by atoms with E-state index in [-0.39, 0.29) is 6.61 Å². The Morgan fingerprint density at radius 3 is 2.90 bits per heavy atom. The lowest BCUT2D eigenvalue weighted by Gasteiger charge is -2.40. The Bertz CT molecular complexity index is 417. The highest BCUT2D eigenvalue weighted by Gasteiger charge is 2.34. The molecule has 0 fully saturated rings. The molecular weight excluding hydrogens is 250 g/mol. The van der Waals surface area contributed by atoms with Gasteiger partial charge in [-0.3, -0.25) is 0 Å². The highest BCUT2D eigenvalue weighted by molar-refractivity contribution is 5.34. The van der Waals surface area contributed by atoms with Crippen LogP contribution in [0.15, 0.2) is 24.3 Å². The second kappa shape index (κ2) is 7.21. The number of benzene rings is 1. The van der Waals surface area contributed by atoms with E-state index in [1.54, 1.807) is 0 Å². The van der Waals surface area contributed by atoms with Crippen LogP contribution in [-0.4, -0.2) is 31.5 Å². The van der Waals surface area contributed by atoms with E-state index in [1.165, 1.54) is 24.0 Å². The molecule has 1 atom stereocenters. The van der Waals surface area contributed by atoms with Crippen LogP contribution in [0.25, 0.3) is 0 Å². The molecule has 20 heavy (non-hydrogen) atoms. The molecule has 2 N–H and O–H groups in total. The Morgan fingerprint density at radius 1 is 1.30 bits per heavy atom. The van der Waals surface area contributed by atoms with Crippen LogP contribution in [0.1, 0.15) is 43.9 Å². The molecule has 1 aliphatic rings. The van der Waals surface area contributed by atoms with Crippen molar-refractivity contribution in [2.45, 2.75) is 39.2 Å². The van der Waals surface area contributed by atoms with E-state index in [2.05, 4.69) is 43.4 Å². The standard InChI is InChI=1S/C17H27NO2/c1-17(2)9-8-14-6-3-4-7-15(14)16(17)18-10-5-12-20-13-11-19/h3-4,6-7,16,18-19H,5,8-13H2,1-2H3. The molecule has 0 aliphatic heterocycles. The van der Waals surface area contributed by atoms with Crippen LogP contribution in [0.3, 0.4) is 0 Å². The van der Waals surface area contributed by atoms with Crippen LogP contribution in [0.2, 0.25) is 0 Å². The first-order chi connectivity index (χ1) is 9.65. The number of rotatable bonds is 7. The molecule has 0 radical (unpaired) electrons. The number of hydrogen-bond donors (Lipinski definition) is 2. The Morgan fingerprint density at radius 2 is 2.10 bits per heavy atom. The number of fused-ring (bicyclic) bond motifs is 1. The predicted octanol–water partition coefficient (Wildman–Crippen LogP) is 2.69. The van der Waals surface area contributed by atoms with Gasteiger partial charge in [-0.15, -0.1) is 0 Å². The second-order valence-electron chi connectivity index (χ2n) is 6.26. The van der Waals surface area contributed by atoms with Crippen LogP contribution in [0.4, 0.5) is 0 Å². The van der Waals surface area contributed by atoms with Crippen LogP contribution in [0.5, 0.6) is 0 Å². The summed E-state index contributed by atoms with van der Waals surface area (Å²) in [4.78, 5) is 0. The number of aryl methyl sites for hydroxylation is 1. The number of aliphatic hydroxyl groups is 1. The summed E-state index contributed by atoms with van der Waals surface area (Å²) in [6, 6.07) is 9.21. The van der Waals surface area contributed by atoms with Gasteiger partial charge in [-0.25, -0.2) is 0 Å². The molecule has 1 aromatic rings. The second-order valence-corrected chi connectivity index (χ2v) is 6.26. The Kier molecular flexibility index (Phi) is 5.58. The van der Waals surface area contributed by atoms with Gasteiger partial charge in [0.05, 0.1) is 13.2 Å². The largest absolute Gasteiger partial charge is 0.394 e. The average molecular weight is 277 g/mol. The Labute approximate surface area is 122 Å². The molecule has 0 amide bonds. The molecule has 1 aliphatic carbocycles. The van der Waals surface area contributed by atoms with Crippen molar-refractivity contribution in [3.8, 4) is 0 Å². The van der Waals surface area contributed by atoms with E-state index in [0.717, 1.165) is 13.0 Å². The summed E-state index contributed by atoms with van der Waals surface area (Å²) < 4.78 is 5.30. The minimum atomic E-state index is 0.108. The molecule has 1 unspecified atom stereocenters. The van der Waals surface area contributed by atoms with Crippen molar-refractivity contribution >= 4 is 0 Å². The van der Waals surface area contributed by atoms with E-state index in [0.29, 0.717) is 24.7 Å². The summed E-state index contributed by atoms with van der Waals surface area (Å²) in [6.45, 7) is 6.91. The fraction of sp³-hybridized carbons (Fsp3) is 0.647. The van der Waals surface area contributed by atoms with Crippen molar-refractivity contribution in [2.24, 2.45) is 5.41 Å². The van der Waals surface area contributed by atoms with Gasteiger partial charge in [0.25, 0.3) is 0 Å². The van der Waals surface area contributed by atoms with Crippen LogP contribution < -0.4 is 5.32 Å². The van der Waals surface area contributed by atoms with E-state index in [1.807, 2.05) is 0 Å². The molecule has 3 nitrogen and oxygen atoms in total. The van der Waals surface area contributed by atoms with Crippen molar-refractivity contribution in [1.82, 2.24) is 5.32 Å². The lowest BCUT2D eigenvalue weighted by atomic mass is 9.70. The van der Waals surface area contributed by atoms with Crippen LogP contribution in [0, 0.1) is 5.41 Å². The zero-order valence-corrected chi connectivity index (χ0v) is 12.7. The summed E-state index contributed by atoms with van der Waals surface area (Å²) in [5.74, 6) is 0. The summed E-state index contributed by atoms with van der Waals surface area (Å²) in [6.07, 6.45) is 3.39. The maximum atomic E-state index is 8.66. The van der Waals surface area contributed by atoms with Crippen molar-refractivity contribution < 1.29 is 9.84 Å². The minimum absolute atomic E-state index is 0.108. The van der Waals surface area contributed by atoms with E-state index >= 15 is 0 Å². The maximum absolute atomic E-state index is 8.66. The van der Waals surface area contributed by atoms with Gasteiger partial charge in [-0.05, 0) is 42.3 Å². The topological polar surface area (TPSA) is 41.5 Å². The molecule has 0 spiro atoms. The predicted molar refractivity (Wildman–Crippen MR) is 81.8 cm³/mol. The molecule has 3 heteroatoms. The van der Waals surface area contributed by atoms with Gasteiger partial charge in [0.15, 0.2) is 0 Å². The van der Waals surface area contributed by atoms with Gasteiger partial charge in [0.2, 0.25) is 0 Å². The summed E-state index contributed by atoms with van der Waals surface area (Å²) in [7, 11) is 0. The SMILES string of the molecule is CC1(C)CCc2ccccc2C1NCCCOCCO. The number of aliphatic hydroxyl groups excluding tert-OH is 1. The Balaban J connectivity index is 1.91. The normalized spacial score (nSPS) is 20.6. The molecule has 1 aromatic carbocycles. The van der Waals surface area contributed by atoms with Crippen LogP contribution in [-0.2, 0) is 11.2 Å². The third-order valence-corrected chi connectivity index (χ3v) is 4.24. The van der Waals surface area contributed by atoms with Crippen LogP contribution >= 0.6 is 0 Å². The van der Waals surface area contributed by atoms with Gasteiger partial charge < -0.3 is 15.2 Å². The van der Waals surface area contributed by atoms with E-state index in [4.69, 9.17) is 9.84 Å². The molecular formula is C17H27NO2. The summed E-state index contributed by atoms with van der Waals surface area (Å²) in [5.41, 5.74) is 3.24. The number of nitrogens with one attached hydrogen (secondary N) is 1. The summed E-state index contributed by atoms with van der Waals surface area (Å²) >= 11 is 0. The first-order valence-electron chi connectivity index (χ1n) is 7.65. The van der Waals surface area contributed by atoms with E-state index < -0.39 is 0 Å². The van der Waals surface area contributed by atoms with E-state index in [9.17, 15) is 0 Å². The molecule has 0 heterocycles. The average Bonchev–Trinajstić information content (AvgIpc) is 2.44. The third kappa shape index (κ3) is 3.81. The first-order valence-corrected chi connectivity index (χ1v) is 7.65. The lowest BCUT2D eigenvalue weighted by Crippen LogP contribution is -2.38. The highest BCUT2D eigenvalue weighted by atomic mass is 16.5. The van der Waals surface area contributed by atoms with Crippen molar-refractivity contribution in [1.29, 1.82) is 0 Å². The maximum Gasteiger partial charge on any atom is 0.0697 e. The quantitative estimate of drug-likeness (QED) is 0.753. The molecule has 0 saturated heterocycles. The Hall–Kier alpha value is -0.900. The number of ether oxygens (including phenoxy) is 1. The molecule has 112 valence electrons. The van der Waals surface area contributed by atoms with Gasteiger partial charge >= 0.3 is 0 Å². The smallest absolute Gasteiger partial charge is 0.0697 e. The van der Waals surface area contributed by atoms with Crippen molar-refractivity contribution in [2.75, 3.05) is 26.4 Å². The fourth-order valence-electron chi connectivity index (χ4n) is 3.04. The van der Waals surface area contributed by atoms with Crippen molar-refractivity contribution in [3.05, 3.63) is 35.4 Å². The van der Waals surface area contributed by atoms with Gasteiger partial charge in [-0.1, -0.05) is 38.1 Å². The zero-order chi connectivity index (χ0) is 14.4. The number of hydrogen-bond acceptors (Lipinski definition) is 3. The summed E-state index contributed by atoms with van der Waals surface area (Å²) in [5, 5.41) is 12.4. The minimum Gasteiger partial charge on any atom is -0.394 e. The fourth-order valence-corrected chi connectivity index (χ4v) is 3.04. The van der Waals surface area contributed by atoms with Gasteiger partial charge in [0.1, 0.15) is 0 Å². The molecule has 0 saturated carbocycles. The van der Waals surface area contributed by atoms with Gasteiger partial charge in [-0.2, -0.15) is 0 Å². The lowest BCUT2D eigenvalue weighted by molar-refractivity contribution is 0.0890. The first kappa shape index (κ1) is 15.5.